The predicted molar refractivity (Wildman–Crippen MR) is 278 cm³/mol. The molecule has 6 aromatic rings. The smallest absolute Gasteiger partial charge is 0.410 e. The van der Waals surface area contributed by atoms with Crippen LogP contribution in [0.25, 0.3) is 21.5 Å². The Bertz CT molecular complexity index is 2650. The van der Waals surface area contributed by atoms with Crippen molar-refractivity contribution in [2.75, 3.05) is 60.3 Å². The van der Waals surface area contributed by atoms with Crippen molar-refractivity contribution in [1.29, 1.82) is 0 Å². The largest absolute Gasteiger partial charge is 0.493 e. The first-order valence-electron chi connectivity index (χ1n) is 25.2. The fraction of sp³-hybridized carbons (Fsp3) is 0.431. The molecule has 2 aliphatic rings. The molecule has 2 heterocycles. The number of amides is 1. The van der Waals surface area contributed by atoms with Crippen LogP contribution in [0.2, 0.25) is 25.7 Å². The number of rotatable bonds is 22. The number of halogens is 2. The maximum atomic E-state index is 14.7. The number of methoxy groups -OCH3 is 2. The highest BCUT2D eigenvalue weighted by Crippen LogP contribution is 2.37. The lowest BCUT2D eigenvalue weighted by atomic mass is 9.82. The van der Waals surface area contributed by atoms with Crippen LogP contribution in [0.3, 0.4) is 0 Å². The minimum atomic E-state index is -1.88. The summed E-state index contributed by atoms with van der Waals surface area (Å²) in [7, 11) is 1.50. The van der Waals surface area contributed by atoms with Gasteiger partial charge in [0.15, 0.2) is 0 Å². The van der Waals surface area contributed by atoms with Gasteiger partial charge in [0.25, 0.3) is 0 Å². The molecule has 0 saturated carbocycles. The van der Waals surface area contributed by atoms with E-state index in [1.54, 1.807) is 19.1 Å². The maximum absolute atomic E-state index is 14.7. The second-order valence-corrected chi connectivity index (χ2v) is 25.7. The highest BCUT2D eigenvalue weighted by molar-refractivity contribution is 6.76. The van der Waals surface area contributed by atoms with Crippen LogP contribution in [0.1, 0.15) is 59.8 Å². The van der Waals surface area contributed by atoms with Crippen molar-refractivity contribution in [1.82, 2.24) is 10.2 Å². The summed E-state index contributed by atoms with van der Waals surface area (Å²) >= 11 is 0. The van der Waals surface area contributed by atoms with E-state index >= 15 is 0 Å². The number of likely N-dealkylation sites (tertiary alicyclic amines) is 1. The summed E-state index contributed by atoms with van der Waals surface area (Å²) in [6, 6.07) is 38.3. The molecule has 6 aromatic carbocycles. The van der Waals surface area contributed by atoms with Gasteiger partial charge in [0, 0.05) is 77.5 Å². The average Bonchev–Trinajstić information content (AvgIpc) is 3.37. The molecular weight excluding hydrogens is 919 g/mol. The summed E-state index contributed by atoms with van der Waals surface area (Å²) in [5.41, 5.74) is 3.94. The first kappa shape index (κ1) is 51.9. The van der Waals surface area contributed by atoms with Gasteiger partial charge >= 0.3 is 6.09 Å². The Balaban J connectivity index is 1.01. The van der Waals surface area contributed by atoms with Gasteiger partial charge in [-0.05, 0) is 107 Å². The molecule has 2 saturated heterocycles. The summed E-state index contributed by atoms with van der Waals surface area (Å²) in [6.45, 7) is 11.3. The zero-order chi connectivity index (χ0) is 49.7. The predicted octanol–water partition coefficient (Wildman–Crippen LogP) is 12.1. The zero-order valence-electron chi connectivity index (χ0n) is 41.9. The molecule has 378 valence electrons. The Morgan fingerprint density at radius 1 is 0.676 bits per heavy atom. The van der Waals surface area contributed by atoms with Crippen molar-refractivity contribution < 1.29 is 46.7 Å². The minimum absolute atomic E-state index is 0.0747. The molecule has 8 rings (SSSR count). The fourth-order valence-electron chi connectivity index (χ4n) is 10.2. The number of nitrogens with one attached hydrogen (secondary N) is 1. The maximum Gasteiger partial charge on any atom is 0.410 e. The van der Waals surface area contributed by atoms with E-state index < -0.39 is 32.5 Å². The van der Waals surface area contributed by atoms with E-state index in [4.69, 9.17) is 33.2 Å². The van der Waals surface area contributed by atoms with Crippen LogP contribution in [-0.2, 0) is 36.9 Å². The Labute approximate surface area is 418 Å². The highest BCUT2D eigenvalue weighted by atomic mass is 28.3. The number of nitrogens with zero attached hydrogens (tertiary/aromatic N) is 1. The highest BCUT2D eigenvalue weighted by Gasteiger charge is 2.44. The Hall–Kier alpha value is -5.41. The number of piperidine rings is 2. The number of ether oxygens (including phenoxy) is 7. The Kier molecular flexibility index (Phi) is 18.1. The van der Waals surface area contributed by atoms with E-state index in [1.807, 2.05) is 48.5 Å². The number of carbonyl (C=O) groups is 1. The van der Waals surface area contributed by atoms with Crippen LogP contribution >= 0.6 is 0 Å². The third-order valence-corrected chi connectivity index (χ3v) is 15.3. The molecule has 0 aliphatic carbocycles. The molecule has 1 amide bonds. The third-order valence-electron chi connectivity index (χ3n) is 13.7. The first-order valence-corrected chi connectivity index (χ1v) is 28.9. The standard InChI is InChI=1S/C58H70F2N2O8Si/c1-64-30-8-32-66-52-12-6-10-44-34-40(14-24-48(44)52)37-68-54-36-62(29-27-50(54)42-16-20-46(59)21-17-42)58(63)70-55(39-71(3,4)5)56-57(51(26-28-61-56)43-18-22-47(60)23-19-43)69-38-41-15-25-49-45(35-41)11-7-13-53(49)67-33-9-31-65-2/h6-7,10-25,34-35,50-51,54-57,61H,8-9,26-33,36-39H2,1-5H3. The second kappa shape index (κ2) is 24.8. The van der Waals surface area contributed by atoms with Gasteiger partial charge in [-0.3, -0.25) is 0 Å². The molecule has 0 spiro atoms. The second-order valence-electron chi connectivity index (χ2n) is 20.1. The van der Waals surface area contributed by atoms with Gasteiger partial charge in [0.05, 0.1) is 51.2 Å². The van der Waals surface area contributed by atoms with Crippen molar-refractivity contribution in [3.63, 3.8) is 0 Å². The Morgan fingerprint density at radius 3 is 1.77 bits per heavy atom. The van der Waals surface area contributed by atoms with E-state index in [-0.39, 0.29) is 29.5 Å². The van der Waals surface area contributed by atoms with E-state index in [2.05, 4.69) is 73.5 Å². The van der Waals surface area contributed by atoms with Crippen molar-refractivity contribution in [3.8, 4) is 11.5 Å². The van der Waals surface area contributed by atoms with Crippen molar-refractivity contribution >= 4 is 35.7 Å². The summed E-state index contributed by atoms with van der Waals surface area (Å²) in [6.07, 6.45) is 1.25. The number of benzene rings is 6. The van der Waals surface area contributed by atoms with E-state index in [9.17, 15) is 13.6 Å². The quantitative estimate of drug-likeness (QED) is 0.0527. The normalized spacial score (nSPS) is 20.0. The number of fused-ring (bicyclic) bond motifs is 2. The molecule has 13 heteroatoms. The van der Waals surface area contributed by atoms with Crippen molar-refractivity contribution in [2.24, 2.45) is 0 Å². The lowest BCUT2D eigenvalue weighted by Gasteiger charge is -2.44. The first-order chi connectivity index (χ1) is 34.5. The van der Waals surface area contributed by atoms with Crippen LogP contribution in [0, 0.1) is 11.6 Å². The number of carbonyl (C=O) groups excluding carboxylic acids is 1. The molecule has 6 unspecified atom stereocenters. The zero-order valence-corrected chi connectivity index (χ0v) is 42.9. The minimum Gasteiger partial charge on any atom is -0.493 e. The van der Waals surface area contributed by atoms with Gasteiger partial charge in [-0.15, -0.1) is 0 Å². The van der Waals surface area contributed by atoms with E-state index in [1.165, 1.54) is 24.3 Å². The van der Waals surface area contributed by atoms with Crippen LogP contribution in [0.5, 0.6) is 11.5 Å². The molecular formula is C58H70F2N2O8Si. The number of hydrogen-bond donors (Lipinski definition) is 1. The fourth-order valence-corrected chi connectivity index (χ4v) is 11.7. The lowest BCUT2D eigenvalue weighted by molar-refractivity contribution is -0.0622. The third kappa shape index (κ3) is 14.0. The van der Waals surface area contributed by atoms with Gasteiger partial charge in [0.1, 0.15) is 29.2 Å². The summed E-state index contributed by atoms with van der Waals surface area (Å²) in [5, 5.41) is 7.89. The van der Waals surface area contributed by atoms with Crippen LogP contribution in [-0.4, -0.2) is 104 Å². The summed E-state index contributed by atoms with van der Waals surface area (Å²) in [4.78, 5) is 16.5. The van der Waals surface area contributed by atoms with Crippen molar-refractivity contribution in [2.45, 2.75) is 101 Å². The van der Waals surface area contributed by atoms with Gasteiger partial charge in [-0.2, -0.15) is 0 Å². The van der Waals surface area contributed by atoms with Gasteiger partial charge in [0.2, 0.25) is 0 Å². The summed E-state index contributed by atoms with van der Waals surface area (Å²) in [5.74, 6) is 0.892. The molecule has 1 N–H and O–H groups in total. The average molecular weight is 989 g/mol. The monoisotopic (exact) mass is 988 g/mol. The number of hydrogen-bond acceptors (Lipinski definition) is 9. The molecule has 10 nitrogen and oxygen atoms in total. The molecule has 0 bridgehead atoms. The van der Waals surface area contributed by atoms with Crippen molar-refractivity contribution in [3.05, 3.63) is 155 Å². The summed E-state index contributed by atoms with van der Waals surface area (Å²) < 4.78 is 71.8. The van der Waals surface area contributed by atoms with Gasteiger partial charge in [-0.25, -0.2) is 13.6 Å². The molecule has 71 heavy (non-hydrogen) atoms. The topological polar surface area (TPSA) is 97.0 Å². The molecule has 6 atom stereocenters. The van der Waals surface area contributed by atoms with Crippen LogP contribution in [0.4, 0.5) is 13.6 Å². The molecule has 0 radical (unpaired) electrons. The molecule has 2 aliphatic heterocycles. The molecule has 0 aromatic heterocycles. The molecule has 2 fully saturated rings. The van der Waals surface area contributed by atoms with Gasteiger partial charge in [-0.1, -0.05) is 92.4 Å². The lowest BCUT2D eigenvalue weighted by Crippen LogP contribution is -2.59. The van der Waals surface area contributed by atoms with Crippen LogP contribution < -0.4 is 14.8 Å². The SMILES string of the molecule is COCCCOc1cccc2cc(COC3CN(C(=O)OC(C[Si](C)(C)C)C4NCCC(c5ccc(F)cc5)C4OCc4ccc5c(OCCCOC)cccc5c4)CCC3c3ccc(F)cc3)ccc12. The van der Waals surface area contributed by atoms with E-state index in [0.717, 1.165) is 74.6 Å². The van der Waals surface area contributed by atoms with Gasteiger partial charge < -0.3 is 43.4 Å². The van der Waals surface area contributed by atoms with E-state index in [0.29, 0.717) is 71.7 Å². The van der Waals surface area contributed by atoms with Crippen LogP contribution in [0.15, 0.2) is 121 Å². The Morgan fingerprint density at radius 2 is 1.23 bits per heavy atom.